The highest BCUT2D eigenvalue weighted by atomic mass is 16.5. The maximum atomic E-state index is 10.8. The summed E-state index contributed by atoms with van der Waals surface area (Å²) >= 11 is 0. The van der Waals surface area contributed by atoms with Gasteiger partial charge in [-0.05, 0) is 13.8 Å². The van der Waals surface area contributed by atoms with Crippen LogP contribution >= 0.6 is 0 Å². The highest BCUT2D eigenvalue weighted by Gasteiger charge is 2.31. The van der Waals surface area contributed by atoms with Crippen LogP contribution in [0.5, 0.6) is 0 Å². The molecule has 1 N–H and O–H groups in total. The Labute approximate surface area is 60.0 Å². The number of cyclic esters (lactones) is 1. The van der Waals surface area contributed by atoms with E-state index in [9.17, 15) is 9.90 Å². The molecule has 0 aliphatic carbocycles. The summed E-state index contributed by atoms with van der Waals surface area (Å²) in [4.78, 5) is 10.8. The van der Waals surface area contributed by atoms with Crippen LogP contribution in [0.4, 0.5) is 0 Å². The summed E-state index contributed by atoms with van der Waals surface area (Å²) in [6, 6.07) is 0. The van der Waals surface area contributed by atoms with E-state index in [0.29, 0.717) is 6.42 Å². The molecule has 0 unspecified atom stereocenters. The first-order chi connectivity index (χ1) is 4.61. The van der Waals surface area contributed by atoms with Gasteiger partial charge in [-0.15, -0.1) is 0 Å². The first-order valence-electron chi connectivity index (χ1n) is 3.50. The number of esters is 1. The Kier molecular flexibility index (Phi) is 1.94. The van der Waals surface area contributed by atoms with Crippen molar-refractivity contribution >= 4 is 5.97 Å². The summed E-state index contributed by atoms with van der Waals surface area (Å²) in [5, 5.41) is 9.22. The molecule has 0 aromatic heterocycles. The van der Waals surface area contributed by atoms with Crippen LogP contribution in [0, 0.1) is 5.92 Å². The monoisotopic (exact) mass is 144 g/mol. The second-order valence-corrected chi connectivity index (χ2v) is 2.84. The van der Waals surface area contributed by atoms with Crippen molar-refractivity contribution in [1.82, 2.24) is 0 Å². The van der Waals surface area contributed by atoms with Crippen molar-refractivity contribution in [3.05, 3.63) is 0 Å². The van der Waals surface area contributed by atoms with Crippen LogP contribution in [0.25, 0.3) is 0 Å². The van der Waals surface area contributed by atoms with E-state index in [1.54, 1.807) is 13.8 Å². The first kappa shape index (κ1) is 7.54. The van der Waals surface area contributed by atoms with Crippen molar-refractivity contribution in [2.75, 3.05) is 0 Å². The lowest BCUT2D eigenvalue weighted by Crippen LogP contribution is -2.38. The summed E-state index contributed by atoms with van der Waals surface area (Å²) in [5.74, 6) is -0.637. The molecule has 1 fully saturated rings. The van der Waals surface area contributed by atoms with Crippen LogP contribution in [0.2, 0.25) is 0 Å². The standard InChI is InChI=1S/C7H12O3/c1-4-3-6(8)5(2)7(9)10-4/h4-6,8H,3H2,1-2H3/t4-,5+,6-/m1/s1. The molecule has 1 aliphatic heterocycles. The Bertz CT molecular complexity index is 144. The molecule has 1 saturated heterocycles. The van der Waals surface area contributed by atoms with Gasteiger partial charge in [-0.2, -0.15) is 0 Å². The van der Waals surface area contributed by atoms with Gasteiger partial charge in [0, 0.05) is 6.42 Å². The van der Waals surface area contributed by atoms with Gasteiger partial charge >= 0.3 is 5.97 Å². The molecule has 1 heterocycles. The predicted octanol–water partition coefficient (Wildman–Crippen LogP) is 0.319. The summed E-state index contributed by atoms with van der Waals surface area (Å²) < 4.78 is 4.87. The lowest BCUT2D eigenvalue weighted by Gasteiger charge is -2.27. The van der Waals surface area contributed by atoms with Crippen molar-refractivity contribution < 1.29 is 14.6 Å². The Morgan fingerprint density at radius 2 is 2.20 bits per heavy atom. The Morgan fingerprint density at radius 3 is 2.70 bits per heavy atom. The summed E-state index contributed by atoms with van der Waals surface area (Å²) in [6.07, 6.45) is -0.0812. The van der Waals surface area contributed by atoms with E-state index in [2.05, 4.69) is 0 Å². The second kappa shape index (κ2) is 2.58. The van der Waals surface area contributed by atoms with E-state index in [4.69, 9.17) is 4.74 Å². The lowest BCUT2D eigenvalue weighted by molar-refractivity contribution is -0.166. The zero-order valence-corrected chi connectivity index (χ0v) is 6.20. The molecular weight excluding hydrogens is 132 g/mol. The SMILES string of the molecule is C[C@@H]1C[C@@H](O)[C@H](C)C(=O)O1. The van der Waals surface area contributed by atoms with Gasteiger partial charge in [0.15, 0.2) is 0 Å². The third-order valence-corrected chi connectivity index (χ3v) is 1.84. The molecule has 0 radical (unpaired) electrons. The zero-order chi connectivity index (χ0) is 7.72. The minimum atomic E-state index is -0.517. The molecule has 0 saturated carbocycles. The molecule has 1 rings (SSSR count). The molecule has 0 spiro atoms. The molecule has 0 amide bonds. The van der Waals surface area contributed by atoms with Gasteiger partial charge in [0.2, 0.25) is 0 Å². The number of aliphatic hydroxyl groups excluding tert-OH is 1. The third kappa shape index (κ3) is 1.29. The van der Waals surface area contributed by atoms with Gasteiger partial charge in [0.25, 0.3) is 0 Å². The lowest BCUT2D eigenvalue weighted by atomic mass is 9.97. The third-order valence-electron chi connectivity index (χ3n) is 1.84. The highest BCUT2D eigenvalue weighted by molar-refractivity contribution is 5.73. The number of hydrogen-bond acceptors (Lipinski definition) is 3. The van der Waals surface area contributed by atoms with Crippen LogP contribution in [0.3, 0.4) is 0 Å². The maximum absolute atomic E-state index is 10.8. The molecule has 10 heavy (non-hydrogen) atoms. The Balaban J connectivity index is 2.57. The van der Waals surface area contributed by atoms with Crippen LogP contribution in [0.1, 0.15) is 20.3 Å². The van der Waals surface area contributed by atoms with E-state index < -0.39 is 6.10 Å². The van der Waals surface area contributed by atoms with Gasteiger partial charge in [0.1, 0.15) is 6.10 Å². The highest BCUT2D eigenvalue weighted by Crippen LogP contribution is 2.19. The smallest absolute Gasteiger partial charge is 0.311 e. The fourth-order valence-electron chi connectivity index (χ4n) is 1.06. The number of ether oxygens (including phenoxy) is 1. The van der Waals surface area contributed by atoms with Gasteiger partial charge in [-0.3, -0.25) is 4.79 Å². The maximum Gasteiger partial charge on any atom is 0.311 e. The fraction of sp³-hybridized carbons (Fsp3) is 0.857. The van der Waals surface area contributed by atoms with Gasteiger partial charge in [-0.25, -0.2) is 0 Å². The molecule has 58 valence electrons. The minimum Gasteiger partial charge on any atom is -0.462 e. The Morgan fingerprint density at radius 1 is 1.60 bits per heavy atom. The molecule has 0 bridgehead atoms. The number of carbonyl (C=O) groups excluding carboxylic acids is 1. The van der Waals surface area contributed by atoms with Crippen molar-refractivity contribution in [3.8, 4) is 0 Å². The van der Waals surface area contributed by atoms with Gasteiger partial charge in [-0.1, -0.05) is 0 Å². The van der Waals surface area contributed by atoms with Crippen LogP contribution in [-0.2, 0) is 9.53 Å². The van der Waals surface area contributed by atoms with Crippen molar-refractivity contribution in [1.29, 1.82) is 0 Å². The van der Waals surface area contributed by atoms with Crippen molar-refractivity contribution in [2.24, 2.45) is 5.92 Å². The minimum absolute atomic E-state index is 0.126. The van der Waals surface area contributed by atoms with Crippen LogP contribution in [0.15, 0.2) is 0 Å². The zero-order valence-electron chi connectivity index (χ0n) is 6.20. The number of hydrogen-bond donors (Lipinski definition) is 1. The normalized spacial score (nSPS) is 41.1. The number of carbonyl (C=O) groups is 1. The van der Waals surface area contributed by atoms with Crippen molar-refractivity contribution in [3.63, 3.8) is 0 Å². The molecule has 0 aromatic carbocycles. The quantitative estimate of drug-likeness (QED) is 0.498. The average Bonchev–Trinajstić information content (AvgIpc) is 1.82. The molecule has 3 atom stereocenters. The summed E-state index contributed by atoms with van der Waals surface area (Å²) in [6.45, 7) is 3.46. The van der Waals surface area contributed by atoms with Crippen LogP contribution in [-0.4, -0.2) is 23.3 Å². The molecule has 3 heteroatoms. The van der Waals surface area contributed by atoms with Gasteiger partial charge in [0.05, 0.1) is 12.0 Å². The predicted molar refractivity (Wildman–Crippen MR) is 35.3 cm³/mol. The molecule has 1 aliphatic rings. The fourth-order valence-corrected chi connectivity index (χ4v) is 1.06. The van der Waals surface area contributed by atoms with E-state index in [-0.39, 0.29) is 18.0 Å². The average molecular weight is 144 g/mol. The van der Waals surface area contributed by atoms with Crippen LogP contribution < -0.4 is 0 Å². The van der Waals surface area contributed by atoms with Crippen molar-refractivity contribution in [2.45, 2.75) is 32.5 Å². The first-order valence-corrected chi connectivity index (χ1v) is 3.50. The van der Waals surface area contributed by atoms with E-state index in [1.165, 1.54) is 0 Å². The molecular formula is C7H12O3. The Hall–Kier alpha value is -0.570. The number of rotatable bonds is 0. The van der Waals surface area contributed by atoms with E-state index in [0.717, 1.165) is 0 Å². The summed E-state index contributed by atoms with van der Waals surface area (Å²) in [7, 11) is 0. The van der Waals surface area contributed by atoms with E-state index >= 15 is 0 Å². The largest absolute Gasteiger partial charge is 0.462 e. The topological polar surface area (TPSA) is 46.5 Å². The molecule has 3 nitrogen and oxygen atoms in total. The second-order valence-electron chi connectivity index (χ2n) is 2.84. The van der Waals surface area contributed by atoms with E-state index in [1.807, 2.05) is 0 Å². The molecule has 0 aromatic rings. The summed E-state index contributed by atoms with van der Waals surface area (Å²) in [5.41, 5.74) is 0. The van der Waals surface area contributed by atoms with Gasteiger partial charge < -0.3 is 9.84 Å². The number of aliphatic hydroxyl groups is 1.